The Balaban J connectivity index is 1.34. The molecule has 0 saturated carbocycles. The number of benzene rings is 2. The summed E-state index contributed by atoms with van der Waals surface area (Å²) in [5, 5.41) is 9.05. The Morgan fingerprint density at radius 1 is 1.14 bits per heavy atom. The van der Waals surface area contributed by atoms with Crippen LogP contribution < -0.4 is 20.9 Å². The predicted molar refractivity (Wildman–Crippen MR) is 143 cm³/mol. The van der Waals surface area contributed by atoms with Gasteiger partial charge in [-0.2, -0.15) is 0 Å². The molecule has 188 valence electrons. The van der Waals surface area contributed by atoms with Crippen molar-refractivity contribution in [3.8, 4) is 0 Å². The van der Waals surface area contributed by atoms with E-state index < -0.39 is 12.1 Å². The molecule has 0 radical (unpaired) electrons. The van der Waals surface area contributed by atoms with Gasteiger partial charge in [0.1, 0.15) is 6.04 Å². The van der Waals surface area contributed by atoms with Gasteiger partial charge >= 0.3 is 6.03 Å². The van der Waals surface area contributed by atoms with Crippen molar-refractivity contribution in [2.24, 2.45) is 5.92 Å². The molecule has 0 spiro atoms. The van der Waals surface area contributed by atoms with Crippen molar-refractivity contribution in [1.82, 2.24) is 10.6 Å². The van der Waals surface area contributed by atoms with Crippen LogP contribution in [0, 0.1) is 12.8 Å². The van der Waals surface area contributed by atoms with Crippen molar-refractivity contribution in [1.29, 1.82) is 0 Å². The largest absolute Gasteiger partial charge is 0.325 e. The number of hydrogen-bond donors (Lipinski definition) is 3. The monoisotopic (exact) mass is 504 g/mol. The van der Waals surface area contributed by atoms with Gasteiger partial charge < -0.3 is 20.9 Å². The number of nitrogens with zero attached hydrogens (tertiary/aromatic N) is 1. The number of thioether (sulfide) groups is 1. The van der Waals surface area contributed by atoms with Gasteiger partial charge in [0.15, 0.2) is 5.78 Å². The normalized spacial score (nSPS) is 23.6. The molecule has 7 nitrogen and oxygen atoms in total. The Bertz CT molecular complexity index is 1200. The first-order chi connectivity index (χ1) is 17.5. The van der Waals surface area contributed by atoms with Crippen LogP contribution in [0.2, 0.25) is 0 Å². The lowest BCUT2D eigenvalue weighted by atomic mass is 9.78. The number of aryl methyl sites for hydroxylation is 1. The molecule has 0 bridgehead atoms. The van der Waals surface area contributed by atoms with Crippen molar-refractivity contribution in [3.63, 3.8) is 0 Å². The van der Waals surface area contributed by atoms with Crippen molar-refractivity contribution in [2.45, 2.75) is 49.6 Å². The van der Waals surface area contributed by atoms with E-state index in [-0.39, 0.29) is 24.3 Å². The summed E-state index contributed by atoms with van der Waals surface area (Å²) < 4.78 is 0. The lowest BCUT2D eigenvalue weighted by Crippen LogP contribution is -2.54. The van der Waals surface area contributed by atoms with Gasteiger partial charge in [0.25, 0.3) is 5.91 Å². The van der Waals surface area contributed by atoms with Crippen LogP contribution in [0.15, 0.2) is 65.1 Å². The first kappa shape index (κ1) is 24.6. The van der Waals surface area contributed by atoms with E-state index in [4.69, 9.17) is 0 Å². The van der Waals surface area contributed by atoms with Crippen LogP contribution in [0.4, 0.5) is 16.2 Å². The quantitative estimate of drug-likeness (QED) is 0.529. The van der Waals surface area contributed by atoms with E-state index in [0.29, 0.717) is 23.0 Å². The first-order valence-corrected chi connectivity index (χ1v) is 13.6. The second-order valence-corrected chi connectivity index (χ2v) is 10.8. The van der Waals surface area contributed by atoms with Gasteiger partial charge in [-0.1, -0.05) is 30.3 Å². The van der Waals surface area contributed by atoms with E-state index in [9.17, 15) is 14.4 Å². The number of para-hydroxylation sites is 1. The van der Waals surface area contributed by atoms with Crippen LogP contribution in [0.5, 0.6) is 0 Å². The lowest BCUT2D eigenvalue weighted by molar-refractivity contribution is -0.124. The molecule has 2 unspecified atom stereocenters. The average molecular weight is 505 g/mol. The molecule has 2 heterocycles. The predicted octanol–water partition coefficient (Wildman–Crippen LogP) is 4.28. The molecule has 2 aliphatic heterocycles. The minimum absolute atomic E-state index is 0.00846. The molecule has 1 aliphatic carbocycles. The molecule has 3 N–H and O–H groups in total. The fourth-order valence-corrected chi connectivity index (χ4v) is 6.44. The van der Waals surface area contributed by atoms with Crippen molar-refractivity contribution < 1.29 is 14.4 Å². The molecule has 3 amide bonds. The maximum Gasteiger partial charge on any atom is 0.319 e. The first-order valence-electron chi connectivity index (χ1n) is 12.6. The summed E-state index contributed by atoms with van der Waals surface area (Å²) in [6.45, 7) is 2.73. The minimum atomic E-state index is -0.763. The van der Waals surface area contributed by atoms with Gasteiger partial charge in [0.2, 0.25) is 0 Å². The molecular formula is C28H32N4O3S. The summed E-state index contributed by atoms with van der Waals surface area (Å²) in [6.07, 6.45) is 6.57. The van der Waals surface area contributed by atoms with Crippen molar-refractivity contribution in [2.75, 3.05) is 29.1 Å². The molecule has 2 aromatic carbocycles. The zero-order valence-corrected chi connectivity index (χ0v) is 21.3. The van der Waals surface area contributed by atoms with E-state index in [1.807, 2.05) is 49.4 Å². The summed E-state index contributed by atoms with van der Waals surface area (Å²) in [7, 11) is 0. The molecule has 2 aromatic rings. The number of allylic oxidation sites excluding steroid dienone is 1. The number of nitrogens with one attached hydrogen (secondary N) is 3. The SMILES string of the molecule is Cc1cccc(NC(=O)NC2CSc3ccccc3N(CC(=O)[C@H]3NCCC4CCCC=C43)C2=O)c1. The smallest absolute Gasteiger partial charge is 0.319 e. The number of hydrogen-bond acceptors (Lipinski definition) is 5. The fourth-order valence-electron chi connectivity index (χ4n) is 5.37. The number of anilines is 2. The third kappa shape index (κ3) is 5.34. The second-order valence-electron chi connectivity index (χ2n) is 9.70. The standard InChI is InChI=1S/C28H32N4O3S/c1-18-7-6-9-20(15-18)30-28(35)31-22-17-36-25-12-5-4-11-23(25)32(27(22)34)16-24(33)26-21-10-3-2-8-19(21)13-14-29-26/h4-7,9-12,15,19,22,26,29H,2-3,8,13-14,16-17H2,1H3,(H2,30,31,35)/t19?,22?,26-/m0/s1. The molecule has 8 heteroatoms. The van der Waals surface area contributed by atoms with Crippen molar-refractivity contribution >= 4 is 40.9 Å². The number of carbonyl (C=O) groups excluding carboxylic acids is 3. The average Bonchev–Trinajstić information content (AvgIpc) is 3.00. The Kier molecular flexibility index (Phi) is 7.43. The Labute approximate surface area is 216 Å². The summed E-state index contributed by atoms with van der Waals surface area (Å²) in [6, 6.07) is 13.6. The van der Waals surface area contributed by atoms with E-state index in [1.54, 1.807) is 11.0 Å². The van der Waals surface area contributed by atoms with Crippen LogP contribution in [-0.4, -0.2) is 48.6 Å². The van der Waals surface area contributed by atoms with Crippen molar-refractivity contribution in [3.05, 3.63) is 65.7 Å². The van der Waals surface area contributed by atoms with Crippen LogP contribution in [0.25, 0.3) is 0 Å². The molecular weight excluding hydrogens is 472 g/mol. The summed E-state index contributed by atoms with van der Waals surface area (Å²) in [4.78, 5) is 42.6. The Hall–Kier alpha value is -3.10. The topological polar surface area (TPSA) is 90.5 Å². The molecule has 3 atom stereocenters. The van der Waals surface area contributed by atoms with Gasteiger partial charge in [0.05, 0.1) is 18.3 Å². The zero-order valence-electron chi connectivity index (χ0n) is 20.5. The zero-order chi connectivity index (χ0) is 25.1. The van der Waals surface area contributed by atoms with E-state index in [2.05, 4.69) is 22.0 Å². The third-order valence-electron chi connectivity index (χ3n) is 7.13. The number of piperidine rings is 1. The highest BCUT2D eigenvalue weighted by atomic mass is 32.2. The molecule has 1 fully saturated rings. The van der Waals surface area contributed by atoms with Gasteiger partial charge in [-0.15, -0.1) is 11.8 Å². The number of rotatable bonds is 5. The third-order valence-corrected chi connectivity index (χ3v) is 8.28. The molecule has 3 aliphatic rings. The van der Waals surface area contributed by atoms with Gasteiger partial charge in [-0.05, 0) is 80.5 Å². The highest BCUT2D eigenvalue weighted by Crippen LogP contribution is 2.36. The molecule has 0 aromatic heterocycles. The van der Waals surface area contributed by atoms with Gasteiger partial charge in [-0.25, -0.2) is 4.79 Å². The van der Waals surface area contributed by atoms with E-state index in [0.717, 1.165) is 36.3 Å². The van der Waals surface area contributed by atoms with Gasteiger partial charge in [0, 0.05) is 16.3 Å². The van der Waals surface area contributed by atoms with Crippen LogP contribution in [-0.2, 0) is 9.59 Å². The van der Waals surface area contributed by atoms with Gasteiger partial charge in [-0.3, -0.25) is 9.59 Å². The Morgan fingerprint density at radius 3 is 2.86 bits per heavy atom. The molecule has 5 rings (SSSR count). The summed E-state index contributed by atoms with van der Waals surface area (Å²) >= 11 is 1.51. The number of Topliss-reactive ketones (excluding diaryl/α,β-unsaturated/α-hetero) is 1. The molecule has 1 saturated heterocycles. The number of amides is 3. The highest BCUT2D eigenvalue weighted by molar-refractivity contribution is 7.99. The highest BCUT2D eigenvalue weighted by Gasteiger charge is 2.37. The maximum absolute atomic E-state index is 13.7. The lowest BCUT2D eigenvalue weighted by Gasteiger charge is -2.36. The second kappa shape index (κ2) is 10.9. The number of carbonyl (C=O) groups is 3. The Morgan fingerprint density at radius 2 is 2.00 bits per heavy atom. The fraction of sp³-hybridized carbons (Fsp3) is 0.393. The summed E-state index contributed by atoms with van der Waals surface area (Å²) in [5.41, 5.74) is 3.60. The van der Waals surface area contributed by atoms with Crippen LogP contribution >= 0.6 is 11.8 Å². The molecule has 36 heavy (non-hydrogen) atoms. The number of ketones is 1. The maximum atomic E-state index is 13.7. The van der Waals surface area contributed by atoms with Crippen LogP contribution in [0.3, 0.4) is 0 Å². The van der Waals surface area contributed by atoms with E-state index in [1.165, 1.54) is 23.8 Å². The number of fused-ring (bicyclic) bond motifs is 2. The van der Waals surface area contributed by atoms with Crippen LogP contribution in [0.1, 0.15) is 31.2 Å². The van der Waals surface area contributed by atoms with E-state index >= 15 is 0 Å². The number of urea groups is 1. The summed E-state index contributed by atoms with van der Waals surface area (Å²) in [5.74, 6) is 0.559. The minimum Gasteiger partial charge on any atom is -0.325 e.